The molecule has 1 aliphatic heterocycles. The molecule has 0 spiro atoms. The van der Waals surface area contributed by atoms with Crippen molar-refractivity contribution in [3.05, 3.63) is 46.5 Å². The number of thiazole rings is 1. The number of rotatable bonds is 5. The highest BCUT2D eigenvalue weighted by atomic mass is 32.2. The van der Waals surface area contributed by atoms with Gasteiger partial charge in [0.05, 0.1) is 16.9 Å². The van der Waals surface area contributed by atoms with Gasteiger partial charge in [-0.3, -0.25) is 4.79 Å². The predicted molar refractivity (Wildman–Crippen MR) is 116 cm³/mol. The highest BCUT2D eigenvalue weighted by molar-refractivity contribution is 7.89. The van der Waals surface area contributed by atoms with E-state index in [1.165, 1.54) is 15.6 Å². The number of piperidine rings is 1. The topological polar surface area (TPSA) is 79.4 Å². The van der Waals surface area contributed by atoms with Crippen LogP contribution in [0.15, 0.2) is 30.3 Å². The summed E-state index contributed by atoms with van der Waals surface area (Å²) < 4.78 is 26.1. The van der Waals surface area contributed by atoms with Crippen LogP contribution in [-0.4, -0.2) is 42.5 Å². The van der Waals surface area contributed by atoms with E-state index in [1.807, 2.05) is 30.3 Å². The van der Waals surface area contributed by atoms with Gasteiger partial charge in [-0.15, -0.1) is 11.3 Å². The maximum absolute atomic E-state index is 13.5. The number of aromatic nitrogens is 1. The van der Waals surface area contributed by atoms with Gasteiger partial charge in [-0.2, -0.15) is 0 Å². The molecule has 1 N–H and O–H groups in total. The molecule has 1 amide bonds. The van der Waals surface area contributed by atoms with Crippen molar-refractivity contribution in [1.29, 1.82) is 0 Å². The van der Waals surface area contributed by atoms with Gasteiger partial charge in [0.1, 0.15) is 0 Å². The van der Waals surface area contributed by atoms with Crippen LogP contribution in [0.5, 0.6) is 0 Å². The molecular formula is C21H27N3O3S2. The average Bonchev–Trinajstić information content (AvgIpc) is 3.16. The molecule has 0 bridgehead atoms. The van der Waals surface area contributed by atoms with E-state index in [1.54, 1.807) is 18.3 Å². The van der Waals surface area contributed by atoms with Crippen LogP contribution >= 0.6 is 11.3 Å². The first-order valence-corrected chi connectivity index (χ1v) is 12.7. The third-order valence-electron chi connectivity index (χ3n) is 6.16. The van der Waals surface area contributed by atoms with E-state index in [0.29, 0.717) is 31.1 Å². The number of hydrogen-bond donors (Lipinski definition) is 1. The Bertz CT molecular complexity index is 954. The lowest BCUT2D eigenvalue weighted by molar-refractivity contribution is -0.123. The largest absolute Gasteiger partial charge is 0.301 e. The Balaban J connectivity index is 1.60. The third kappa shape index (κ3) is 3.98. The van der Waals surface area contributed by atoms with E-state index in [9.17, 15) is 13.2 Å². The number of benzene rings is 1. The van der Waals surface area contributed by atoms with Crippen LogP contribution in [0.25, 0.3) is 0 Å². The van der Waals surface area contributed by atoms with Crippen LogP contribution in [0, 0.1) is 0 Å². The molecule has 1 aromatic heterocycles. The monoisotopic (exact) mass is 433 g/mol. The van der Waals surface area contributed by atoms with Crippen molar-refractivity contribution < 1.29 is 13.2 Å². The van der Waals surface area contributed by atoms with Crippen LogP contribution in [-0.2, 0) is 33.1 Å². The van der Waals surface area contributed by atoms with Crippen molar-refractivity contribution >= 4 is 32.4 Å². The van der Waals surface area contributed by atoms with E-state index in [2.05, 4.69) is 10.3 Å². The van der Waals surface area contributed by atoms with Crippen LogP contribution in [0.1, 0.15) is 48.7 Å². The lowest BCUT2D eigenvalue weighted by Crippen LogP contribution is -2.51. The van der Waals surface area contributed by atoms with Gasteiger partial charge in [-0.25, -0.2) is 17.7 Å². The molecule has 29 heavy (non-hydrogen) atoms. The molecule has 1 saturated heterocycles. The summed E-state index contributed by atoms with van der Waals surface area (Å²) in [7, 11) is -3.25. The Labute approximate surface area is 176 Å². The van der Waals surface area contributed by atoms with Gasteiger partial charge in [0.15, 0.2) is 5.13 Å². The number of nitrogens with zero attached hydrogens (tertiary/aromatic N) is 2. The summed E-state index contributed by atoms with van der Waals surface area (Å²) in [5.74, 6) is 0.00528. The van der Waals surface area contributed by atoms with Gasteiger partial charge >= 0.3 is 0 Å². The summed E-state index contributed by atoms with van der Waals surface area (Å²) in [4.78, 5) is 19.5. The quantitative estimate of drug-likeness (QED) is 0.784. The molecule has 0 atom stereocenters. The van der Waals surface area contributed by atoms with Crippen LogP contribution in [0.3, 0.4) is 0 Å². The zero-order valence-electron chi connectivity index (χ0n) is 16.7. The molecule has 8 heteroatoms. The van der Waals surface area contributed by atoms with Gasteiger partial charge in [-0.1, -0.05) is 30.3 Å². The SMILES string of the molecule is CCS(=O)(=O)N1CCC(C(=O)Nc2nc3c(s2)CCCC3)(c2ccccc2)CC1. The summed E-state index contributed by atoms with van der Waals surface area (Å²) in [5, 5.41) is 3.74. The van der Waals surface area contributed by atoms with Crippen LogP contribution < -0.4 is 5.32 Å². The molecule has 6 nitrogen and oxygen atoms in total. The summed E-state index contributed by atoms with van der Waals surface area (Å²) in [6.07, 6.45) is 5.28. The van der Waals surface area contributed by atoms with Crippen molar-refractivity contribution in [3.63, 3.8) is 0 Å². The first-order chi connectivity index (χ1) is 13.9. The second kappa shape index (κ2) is 8.16. The van der Waals surface area contributed by atoms with Crippen molar-refractivity contribution in [1.82, 2.24) is 9.29 Å². The molecule has 0 saturated carbocycles. The molecule has 4 rings (SSSR count). The second-order valence-corrected chi connectivity index (χ2v) is 11.1. The zero-order valence-corrected chi connectivity index (χ0v) is 18.3. The minimum Gasteiger partial charge on any atom is -0.301 e. The van der Waals surface area contributed by atoms with Crippen molar-refractivity contribution in [3.8, 4) is 0 Å². The molecular weight excluding hydrogens is 406 g/mol. The fraction of sp³-hybridized carbons (Fsp3) is 0.524. The first kappa shape index (κ1) is 20.5. The van der Waals surface area contributed by atoms with E-state index in [4.69, 9.17) is 0 Å². The Morgan fingerprint density at radius 3 is 2.52 bits per heavy atom. The molecule has 1 aromatic carbocycles. The fourth-order valence-corrected chi connectivity index (χ4v) is 6.50. The first-order valence-electron chi connectivity index (χ1n) is 10.3. The fourth-order valence-electron chi connectivity index (χ4n) is 4.35. The number of carbonyl (C=O) groups excluding carboxylic acids is 1. The van der Waals surface area contributed by atoms with E-state index < -0.39 is 15.4 Å². The Kier molecular flexibility index (Phi) is 5.77. The lowest BCUT2D eigenvalue weighted by atomic mass is 9.72. The molecule has 2 aromatic rings. The number of amides is 1. The lowest BCUT2D eigenvalue weighted by Gasteiger charge is -2.40. The van der Waals surface area contributed by atoms with Crippen LogP contribution in [0.2, 0.25) is 0 Å². The number of nitrogens with one attached hydrogen (secondary N) is 1. The maximum atomic E-state index is 13.5. The number of aryl methyl sites for hydroxylation is 2. The van der Waals surface area contributed by atoms with E-state index in [-0.39, 0.29) is 11.7 Å². The normalized spacial score (nSPS) is 19.5. The Morgan fingerprint density at radius 1 is 1.17 bits per heavy atom. The highest BCUT2D eigenvalue weighted by Crippen LogP contribution is 2.38. The number of anilines is 1. The van der Waals surface area contributed by atoms with Gasteiger partial charge in [0.2, 0.25) is 15.9 Å². The maximum Gasteiger partial charge on any atom is 0.236 e. The van der Waals surface area contributed by atoms with E-state index in [0.717, 1.165) is 30.5 Å². The number of sulfonamides is 1. The zero-order chi connectivity index (χ0) is 20.5. The second-order valence-electron chi connectivity index (χ2n) is 7.80. The summed E-state index contributed by atoms with van der Waals surface area (Å²) in [6, 6.07) is 9.73. The standard InChI is InChI=1S/C21H27N3O3S2/c1-2-29(26,27)24-14-12-21(13-15-24,16-8-4-3-5-9-16)19(25)23-20-22-17-10-6-7-11-18(17)28-20/h3-5,8-9H,2,6-7,10-15H2,1H3,(H,22,23,25). The molecule has 1 aliphatic carbocycles. The highest BCUT2D eigenvalue weighted by Gasteiger charge is 2.45. The summed E-state index contributed by atoms with van der Waals surface area (Å²) >= 11 is 1.58. The molecule has 0 unspecified atom stereocenters. The Morgan fingerprint density at radius 2 is 1.86 bits per heavy atom. The molecule has 0 radical (unpaired) electrons. The predicted octanol–water partition coefficient (Wildman–Crippen LogP) is 3.34. The Hall–Kier alpha value is -1.77. The van der Waals surface area contributed by atoms with Gasteiger partial charge in [-0.05, 0) is 51.0 Å². The summed E-state index contributed by atoms with van der Waals surface area (Å²) in [6.45, 7) is 2.37. The van der Waals surface area contributed by atoms with Crippen molar-refractivity contribution in [2.45, 2.75) is 50.9 Å². The number of fused-ring (bicyclic) bond motifs is 1. The summed E-state index contributed by atoms with van der Waals surface area (Å²) in [5.41, 5.74) is 1.31. The smallest absolute Gasteiger partial charge is 0.236 e. The molecule has 1 fully saturated rings. The molecule has 2 aliphatic rings. The minimum atomic E-state index is -3.25. The van der Waals surface area contributed by atoms with Gasteiger partial charge in [0, 0.05) is 18.0 Å². The van der Waals surface area contributed by atoms with Crippen molar-refractivity contribution in [2.75, 3.05) is 24.2 Å². The average molecular weight is 434 g/mol. The molecule has 2 heterocycles. The van der Waals surface area contributed by atoms with Crippen LogP contribution in [0.4, 0.5) is 5.13 Å². The van der Waals surface area contributed by atoms with Gasteiger partial charge in [0.25, 0.3) is 0 Å². The van der Waals surface area contributed by atoms with E-state index >= 15 is 0 Å². The van der Waals surface area contributed by atoms with Gasteiger partial charge < -0.3 is 5.32 Å². The number of hydrogen-bond acceptors (Lipinski definition) is 5. The molecule has 156 valence electrons. The van der Waals surface area contributed by atoms with Crippen molar-refractivity contribution in [2.24, 2.45) is 0 Å². The third-order valence-corrected chi connectivity index (χ3v) is 9.12. The minimum absolute atomic E-state index is 0.0802. The number of carbonyl (C=O) groups is 1.